The molecule has 2 heterocycles. The van der Waals surface area contributed by atoms with E-state index in [2.05, 4.69) is 11.8 Å². The number of carbonyl (C=O) groups is 1. The van der Waals surface area contributed by atoms with Crippen LogP contribution in [-0.2, 0) is 4.74 Å². The third-order valence-electron chi connectivity index (χ3n) is 5.27. The third kappa shape index (κ3) is 3.08. The molecule has 0 radical (unpaired) electrons. The van der Waals surface area contributed by atoms with Gasteiger partial charge in [-0.3, -0.25) is 4.79 Å². The van der Waals surface area contributed by atoms with Crippen molar-refractivity contribution in [3.8, 4) is 5.75 Å². The summed E-state index contributed by atoms with van der Waals surface area (Å²) >= 11 is 0. The number of ether oxygens (including phenoxy) is 2. The minimum atomic E-state index is 0.103. The molecule has 1 aromatic rings. The van der Waals surface area contributed by atoms with Gasteiger partial charge in [0.25, 0.3) is 5.91 Å². The van der Waals surface area contributed by atoms with E-state index in [0.29, 0.717) is 11.5 Å². The first-order valence-corrected chi connectivity index (χ1v) is 8.38. The molecule has 23 heavy (non-hydrogen) atoms. The van der Waals surface area contributed by atoms with Gasteiger partial charge in [-0.25, -0.2) is 0 Å². The van der Waals surface area contributed by atoms with E-state index in [1.165, 1.54) is 0 Å². The molecule has 3 atom stereocenters. The van der Waals surface area contributed by atoms with Crippen LogP contribution in [0.1, 0.15) is 23.7 Å². The number of benzene rings is 1. The number of likely N-dealkylation sites (tertiary alicyclic amines) is 2. The molecule has 2 fully saturated rings. The topological polar surface area (TPSA) is 42.0 Å². The van der Waals surface area contributed by atoms with Crippen molar-refractivity contribution in [2.24, 2.45) is 5.92 Å². The average molecular weight is 318 g/mol. The van der Waals surface area contributed by atoms with Crippen LogP contribution in [-0.4, -0.2) is 68.3 Å². The molecule has 2 saturated heterocycles. The van der Waals surface area contributed by atoms with Crippen LogP contribution in [0, 0.1) is 5.92 Å². The smallest absolute Gasteiger partial charge is 0.254 e. The van der Waals surface area contributed by atoms with Crippen LogP contribution < -0.4 is 4.74 Å². The molecule has 0 aromatic heterocycles. The highest BCUT2D eigenvalue weighted by atomic mass is 16.5. The zero-order chi connectivity index (χ0) is 16.4. The van der Waals surface area contributed by atoms with Crippen LogP contribution >= 0.6 is 0 Å². The highest BCUT2D eigenvalue weighted by Gasteiger charge is 2.45. The normalized spacial score (nSPS) is 27.8. The summed E-state index contributed by atoms with van der Waals surface area (Å²) in [5.74, 6) is 1.23. The Kier molecular flexibility index (Phi) is 4.87. The summed E-state index contributed by atoms with van der Waals surface area (Å²) in [5, 5.41) is 0. The van der Waals surface area contributed by atoms with Gasteiger partial charge >= 0.3 is 0 Å². The van der Waals surface area contributed by atoms with Gasteiger partial charge in [-0.1, -0.05) is 13.0 Å². The maximum Gasteiger partial charge on any atom is 0.254 e. The zero-order valence-electron chi connectivity index (χ0n) is 14.2. The fourth-order valence-electron chi connectivity index (χ4n) is 3.96. The molecule has 0 aliphatic carbocycles. The number of amides is 1. The molecule has 126 valence electrons. The number of hydrogen-bond donors (Lipinski definition) is 0. The second kappa shape index (κ2) is 6.89. The first kappa shape index (κ1) is 16.3. The number of piperidine rings is 1. The fourth-order valence-corrected chi connectivity index (χ4v) is 3.96. The number of methoxy groups -OCH3 is 2. The SMILES string of the molecule is CCN1C[C@H]2[C@@H](C1)N(C(=O)c1cccc(OC)c1)CC[C@H]2OC. The Hall–Kier alpha value is -1.59. The summed E-state index contributed by atoms with van der Waals surface area (Å²) in [5.41, 5.74) is 0.703. The molecule has 2 aliphatic rings. The minimum absolute atomic E-state index is 0.103. The highest BCUT2D eigenvalue weighted by molar-refractivity contribution is 5.95. The summed E-state index contributed by atoms with van der Waals surface area (Å²) in [7, 11) is 3.41. The Morgan fingerprint density at radius 3 is 2.83 bits per heavy atom. The Labute approximate surface area is 138 Å². The van der Waals surface area contributed by atoms with Gasteiger partial charge in [-0.05, 0) is 31.2 Å². The van der Waals surface area contributed by atoms with E-state index in [1.807, 2.05) is 29.2 Å². The van der Waals surface area contributed by atoms with Gasteiger partial charge in [0.05, 0.1) is 19.3 Å². The van der Waals surface area contributed by atoms with Crippen molar-refractivity contribution in [2.45, 2.75) is 25.5 Å². The van der Waals surface area contributed by atoms with Crippen LogP contribution in [0.3, 0.4) is 0 Å². The van der Waals surface area contributed by atoms with E-state index in [0.717, 1.165) is 38.3 Å². The molecule has 3 rings (SSSR count). The third-order valence-corrected chi connectivity index (χ3v) is 5.27. The van der Waals surface area contributed by atoms with Crippen molar-refractivity contribution in [3.05, 3.63) is 29.8 Å². The fraction of sp³-hybridized carbons (Fsp3) is 0.611. The van der Waals surface area contributed by atoms with E-state index >= 15 is 0 Å². The van der Waals surface area contributed by atoms with Crippen molar-refractivity contribution in [1.82, 2.24) is 9.80 Å². The van der Waals surface area contributed by atoms with Crippen LogP contribution in [0.25, 0.3) is 0 Å². The van der Waals surface area contributed by atoms with E-state index in [1.54, 1.807) is 14.2 Å². The van der Waals surface area contributed by atoms with E-state index in [9.17, 15) is 4.79 Å². The lowest BCUT2D eigenvalue weighted by Gasteiger charge is -2.41. The Bertz CT molecular complexity index is 563. The summed E-state index contributed by atoms with van der Waals surface area (Å²) in [6.45, 7) is 5.91. The highest BCUT2D eigenvalue weighted by Crippen LogP contribution is 2.33. The second-order valence-corrected chi connectivity index (χ2v) is 6.38. The molecular formula is C18H26N2O3. The molecule has 0 unspecified atom stereocenters. The van der Waals surface area contributed by atoms with Gasteiger partial charge < -0.3 is 19.3 Å². The quantitative estimate of drug-likeness (QED) is 0.850. The van der Waals surface area contributed by atoms with Crippen molar-refractivity contribution >= 4 is 5.91 Å². The molecule has 0 spiro atoms. The van der Waals surface area contributed by atoms with Gasteiger partial charge in [0.15, 0.2) is 0 Å². The Morgan fingerprint density at radius 1 is 1.30 bits per heavy atom. The summed E-state index contributed by atoms with van der Waals surface area (Å²) in [4.78, 5) is 17.5. The molecule has 0 bridgehead atoms. The van der Waals surface area contributed by atoms with Crippen molar-refractivity contribution in [1.29, 1.82) is 0 Å². The molecule has 0 N–H and O–H groups in total. The van der Waals surface area contributed by atoms with Gasteiger partial charge in [0.2, 0.25) is 0 Å². The molecular weight excluding hydrogens is 292 g/mol. The maximum atomic E-state index is 13.0. The molecule has 5 heteroatoms. The number of fused-ring (bicyclic) bond motifs is 1. The molecule has 1 aromatic carbocycles. The number of carbonyl (C=O) groups excluding carboxylic acids is 1. The van der Waals surface area contributed by atoms with E-state index in [4.69, 9.17) is 9.47 Å². The number of hydrogen-bond acceptors (Lipinski definition) is 4. The lowest BCUT2D eigenvalue weighted by molar-refractivity contribution is -0.0156. The summed E-state index contributed by atoms with van der Waals surface area (Å²) < 4.78 is 10.9. The number of likely N-dealkylation sites (N-methyl/N-ethyl adjacent to an activating group) is 1. The summed E-state index contributed by atoms with van der Waals surface area (Å²) in [6, 6.07) is 7.68. The van der Waals surface area contributed by atoms with Gasteiger partial charge in [0, 0.05) is 38.2 Å². The maximum absolute atomic E-state index is 13.0. The largest absolute Gasteiger partial charge is 0.497 e. The van der Waals surface area contributed by atoms with Crippen molar-refractivity contribution in [2.75, 3.05) is 40.4 Å². The Balaban J connectivity index is 1.82. The zero-order valence-corrected chi connectivity index (χ0v) is 14.2. The predicted octanol–water partition coefficient (Wildman–Crippen LogP) is 1.88. The first-order chi connectivity index (χ1) is 11.2. The lowest BCUT2D eigenvalue weighted by Crippen LogP contribution is -2.53. The summed E-state index contributed by atoms with van der Waals surface area (Å²) in [6.07, 6.45) is 1.16. The van der Waals surface area contributed by atoms with E-state index < -0.39 is 0 Å². The van der Waals surface area contributed by atoms with Crippen molar-refractivity contribution < 1.29 is 14.3 Å². The van der Waals surface area contributed by atoms with Crippen LogP contribution in [0.5, 0.6) is 5.75 Å². The van der Waals surface area contributed by atoms with Gasteiger partial charge in [-0.2, -0.15) is 0 Å². The monoisotopic (exact) mass is 318 g/mol. The van der Waals surface area contributed by atoms with Crippen LogP contribution in [0.4, 0.5) is 0 Å². The minimum Gasteiger partial charge on any atom is -0.497 e. The van der Waals surface area contributed by atoms with Crippen LogP contribution in [0.2, 0.25) is 0 Å². The van der Waals surface area contributed by atoms with E-state index in [-0.39, 0.29) is 18.1 Å². The number of rotatable bonds is 4. The lowest BCUT2D eigenvalue weighted by atomic mass is 9.88. The van der Waals surface area contributed by atoms with Crippen molar-refractivity contribution in [3.63, 3.8) is 0 Å². The van der Waals surface area contributed by atoms with Gasteiger partial charge in [-0.15, -0.1) is 0 Å². The molecule has 5 nitrogen and oxygen atoms in total. The standard InChI is InChI=1S/C18H26N2O3/c1-4-19-11-15-16(12-19)20(9-8-17(15)23-3)18(21)13-6-5-7-14(10-13)22-2/h5-7,10,15-17H,4,8-9,11-12H2,1-3H3/t15-,16+,17+/m0/s1. The second-order valence-electron chi connectivity index (χ2n) is 6.38. The number of nitrogens with zero attached hydrogens (tertiary/aromatic N) is 2. The average Bonchev–Trinajstić information content (AvgIpc) is 3.04. The van der Waals surface area contributed by atoms with Crippen LogP contribution in [0.15, 0.2) is 24.3 Å². The first-order valence-electron chi connectivity index (χ1n) is 8.38. The molecule has 1 amide bonds. The molecule has 0 saturated carbocycles. The van der Waals surface area contributed by atoms with Gasteiger partial charge in [0.1, 0.15) is 5.75 Å². The Morgan fingerprint density at radius 2 is 2.13 bits per heavy atom. The predicted molar refractivity (Wildman–Crippen MR) is 88.8 cm³/mol. The molecule has 2 aliphatic heterocycles.